The maximum Gasteiger partial charge on any atom is 0.174 e. The van der Waals surface area contributed by atoms with E-state index in [9.17, 15) is 0 Å². The van der Waals surface area contributed by atoms with E-state index in [0.29, 0.717) is 5.92 Å². The molecule has 3 nitrogen and oxygen atoms in total. The molecule has 2 fully saturated rings. The Bertz CT molecular complexity index is 765. The van der Waals surface area contributed by atoms with Gasteiger partial charge in [0.15, 0.2) is 11.5 Å². The van der Waals surface area contributed by atoms with E-state index in [1.807, 2.05) is 0 Å². The van der Waals surface area contributed by atoms with E-state index in [2.05, 4.69) is 24.5 Å². The van der Waals surface area contributed by atoms with E-state index in [1.54, 1.807) is 12.7 Å². The van der Waals surface area contributed by atoms with Crippen molar-refractivity contribution in [1.82, 2.24) is 0 Å². The normalized spacial score (nSPS) is 35.9. The van der Waals surface area contributed by atoms with Gasteiger partial charge < -0.3 is 14.2 Å². The molecule has 0 aromatic heterocycles. The van der Waals surface area contributed by atoms with Crippen LogP contribution in [0.1, 0.15) is 45.4 Å². The smallest absolute Gasteiger partial charge is 0.174 e. The summed E-state index contributed by atoms with van der Waals surface area (Å²) < 4.78 is 17.7. The van der Waals surface area contributed by atoms with Crippen molar-refractivity contribution in [2.24, 2.45) is 11.3 Å². The Labute approximate surface area is 143 Å². The molecule has 5 aliphatic rings. The van der Waals surface area contributed by atoms with E-state index >= 15 is 0 Å². The minimum atomic E-state index is -0.327. The summed E-state index contributed by atoms with van der Waals surface area (Å²) in [6.45, 7) is 3.90. The molecule has 0 bridgehead atoms. The van der Waals surface area contributed by atoms with Gasteiger partial charge in [0.25, 0.3) is 0 Å². The Morgan fingerprint density at radius 1 is 1.12 bits per heavy atom. The highest BCUT2D eigenvalue weighted by Crippen LogP contribution is 2.64. The highest BCUT2D eigenvalue weighted by atomic mass is 16.7. The summed E-state index contributed by atoms with van der Waals surface area (Å²) in [5, 5.41) is 0. The average Bonchev–Trinajstić information content (AvgIpc) is 3.21. The molecule has 0 N–H and O–H groups in total. The van der Waals surface area contributed by atoms with Gasteiger partial charge in [0.1, 0.15) is 0 Å². The summed E-state index contributed by atoms with van der Waals surface area (Å²) >= 11 is 0. The van der Waals surface area contributed by atoms with E-state index in [0.717, 1.165) is 51.1 Å². The molecule has 1 spiro atoms. The molecule has 0 aromatic rings. The van der Waals surface area contributed by atoms with E-state index in [1.165, 1.54) is 23.1 Å². The molecule has 24 heavy (non-hydrogen) atoms. The zero-order valence-corrected chi connectivity index (χ0v) is 14.5. The molecule has 1 aliphatic heterocycles. The lowest BCUT2D eigenvalue weighted by Gasteiger charge is -2.48. The van der Waals surface area contributed by atoms with Gasteiger partial charge in [0.2, 0.25) is 0 Å². The molecular weight excluding hydrogens is 300 g/mol. The van der Waals surface area contributed by atoms with Gasteiger partial charge in [-0.05, 0) is 61.0 Å². The summed E-state index contributed by atoms with van der Waals surface area (Å²) in [5.41, 5.74) is 12.5. The fourth-order valence-electron chi connectivity index (χ4n) is 5.74. The van der Waals surface area contributed by atoms with Crippen LogP contribution in [0.2, 0.25) is 0 Å². The minimum absolute atomic E-state index is 0.121. The van der Waals surface area contributed by atoms with Crippen molar-refractivity contribution >= 4 is 0 Å². The Morgan fingerprint density at radius 3 is 2.75 bits per heavy atom. The predicted molar refractivity (Wildman–Crippen MR) is 90.1 cm³/mol. The highest BCUT2D eigenvalue weighted by molar-refractivity contribution is 5.56. The quantitative estimate of drug-likeness (QED) is 0.677. The fourth-order valence-corrected chi connectivity index (χ4v) is 5.74. The monoisotopic (exact) mass is 324 g/mol. The molecule has 0 aromatic carbocycles. The molecule has 5 rings (SSSR count). The summed E-state index contributed by atoms with van der Waals surface area (Å²) in [6.07, 6.45) is 8.83. The number of hydrogen-bond donors (Lipinski definition) is 0. The van der Waals surface area contributed by atoms with Crippen molar-refractivity contribution in [1.29, 1.82) is 0 Å². The summed E-state index contributed by atoms with van der Waals surface area (Å²) in [5.74, 6) is 1.06. The van der Waals surface area contributed by atoms with Crippen molar-refractivity contribution in [3.05, 3.63) is 45.6 Å². The van der Waals surface area contributed by atoms with Crippen LogP contribution in [-0.4, -0.2) is 26.1 Å². The largest absolute Gasteiger partial charge is 0.489 e. The summed E-state index contributed by atoms with van der Waals surface area (Å²) in [7, 11) is 1.70. The topological polar surface area (TPSA) is 27.7 Å². The molecule has 1 saturated carbocycles. The molecule has 1 heterocycles. The Hall–Kier alpha value is -1.50. The third kappa shape index (κ3) is 1.76. The lowest BCUT2D eigenvalue weighted by Crippen LogP contribution is -2.48. The van der Waals surface area contributed by atoms with Gasteiger partial charge in [-0.25, -0.2) is 0 Å². The Balaban J connectivity index is 1.60. The zero-order chi connectivity index (χ0) is 16.4. The Morgan fingerprint density at radius 2 is 1.96 bits per heavy atom. The van der Waals surface area contributed by atoms with Gasteiger partial charge in [-0.1, -0.05) is 18.2 Å². The van der Waals surface area contributed by atoms with Crippen molar-refractivity contribution in [2.75, 3.05) is 20.3 Å². The van der Waals surface area contributed by atoms with Crippen LogP contribution in [0.15, 0.2) is 45.6 Å². The molecular formula is C21H24O3. The van der Waals surface area contributed by atoms with Gasteiger partial charge in [-0.3, -0.25) is 0 Å². The van der Waals surface area contributed by atoms with Gasteiger partial charge in [-0.2, -0.15) is 0 Å². The Kier molecular flexibility index (Phi) is 3.09. The SMILES string of the molecule is COC1=C=C=C2C(=C1)CCC1=C2CCC2(C)[C@H]1CCC21OCCO1. The molecule has 126 valence electrons. The van der Waals surface area contributed by atoms with E-state index < -0.39 is 0 Å². The number of hydrogen-bond acceptors (Lipinski definition) is 3. The molecule has 0 amide bonds. The first-order valence-electron chi connectivity index (χ1n) is 9.18. The van der Waals surface area contributed by atoms with Crippen LogP contribution >= 0.6 is 0 Å². The fraction of sp³-hybridized carbons (Fsp3) is 0.619. The van der Waals surface area contributed by atoms with Gasteiger partial charge in [0, 0.05) is 17.4 Å². The van der Waals surface area contributed by atoms with Crippen molar-refractivity contribution in [2.45, 2.75) is 51.2 Å². The van der Waals surface area contributed by atoms with Crippen LogP contribution in [0.4, 0.5) is 0 Å². The lowest BCUT2D eigenvalue weighted by molar-refractivity contribution is -0.225. The second-order valence-electron chi connectivity index (χ2n) is 7.83. The predicted octanol–water partition coefficient (Wildman–Crippen LogP) is 4.18. The van der Waals surface area contributed by atoms with E-state index in [4.69, 9.17) is 14.2 Å². The lowest BCUT2D eigenvalue weighted by atomic mass is 9.61. The highest BCUT2D eigenvalue weighted by Gasteiger charge is 2.63. The number of methoxy groups -OCH3 is 1. The van der Waals surface area contributed by atoms with Crippen LogP contribution in [0.25, 0.3) is 0 Å². The van der Waals surface area contributed by atoms with Crippen LogP contribution < -0.4 is 0 Å². The number of fused-ring (bicyclic) bond motifs is 5. The molecule has 0 radical (unpaired) electrons. The van der Waals surface area contributed by atoms with Crippen molar-refractivity contribution in [3.63, 3.8) is 0 Å². The molecule has 1 saturated heterocycles. The summed E-state index contributed by atoms with van der Waals surface area (Å²) in [6, 6.07) is 0. The van der Waals surface area contributed by atoms with Crippen LogP contribution in [0, 0.1) is 11.3 Å². The second kappa shape index (κ2) is 5.00. The number of allylic oxidation sites excluding steroid dienone is 5. The molecule has 2 atom stereocenters. The van der Waals surface area contributed by atoms with Crippen molar-refractivity contribution < 1.29 is 14.2 Å². The van der Waals surface area contributed by atoms with Crippen LogP contribution in [-0.2, 0) is 14.2 Å². The first kappa shape index (κ1) is 14.8. The second-order valence-corrected chi connectivity index (χ2v) is 7.83. The zero-order valence-electron chi connectivity index (χ0n) is 14.5. The third-order valence-electron chi connectivity index (χ3n) is 6.98. The first-order chi connectivity index (χ1) is 11.7. The summed E-state index contributed by atoms with van der Waals surface area (Å²) in [4.78, 5) is 0. The minimum Gasteiger partial charge on any atom is -0.489 e. The number of rotatable bonds is 1. The van der Waals surface area contributed by atoms with Gasteiger partial charge in [0.05, 0.1) is 20.3 Å². The first-order valence-corrected chi connectivity index (χ1v) is 9.18. The third-order valence-corrected chi connectivity index (χ3v) is 6.98. The standard InChI is InChI=1S/C21H24O3/c1-20-9-7-17-16-6-4-15(22-2)13-14(16)3-5-18(17)19(20)8-10-21(20)23-11-12-24-21/h13,19H,3,5,7-12H2,1-2H3/t19-,20?/m0/s1. The molecule has 1 unspecified atom stereocenters. The maximum absolute atomic E-state index is 6.18. The molecule has 3 heteroatoms. The molecule has 4 aliphatic carbocycles. The average molecular weight is 324 g/mol. The van der Waals surface area contributed by atoms with Gasteiger partial charge in [-0.15, -0.1) is 0 Å². The van der Waals surface area contributed by atoms with Crippen molar-refractivity contribution in [3.8, 4) is 0 Å². The van der Waals surface area contributed by atoms with Crippen LogP contribution in [0.5, 0.6) is 0 Å². The van der Waals surface area contributed by atoms with E-state index in [-0.39, 0.29) is 11.2 Å². The number of ether oxygens (including phenoxy) is 3. The van der Waals surface area contributed by atoms with Crippen LogP contribution in [0.3, 0.4) is 0 Å². The van der Waals surface area contributed by atoms with Gasteiger partial charge >= 0.3 is 0 Å². The maximum atomic E-state index is 6.18.